The summed E-state index contributed by atoms with van der Waals surface area (Å²) in [7, 11) is 0. The second kappa shape index (κ2) is 8.11. The molecule has 22 heavy (non-hydrogen) atoms. The molecule has 0 bridgehead atoms. The molecular formula is C18H25NO3. The van der Waals surface area contributed by atoms with Crippen molar-refractivity contribution >= 4 is 0 Å². The monoisotopic (exact) mass is 303 g/mol. The summed E-state index contributed by atoms with van der Waals surface area (Å²) in [6, 6.07) is 8.16. The van der Waals surface area contributed by atoms with Crippen LogP contribution in [0.3, 0.4) is 0 Å². The maximum Gasteiger partial charge on any atom is 0.226 e. The predicted octanol–water partition coefficient (Wildman–Crippen LogP) is 3.27. The number of hydrogen-bond acceptors (Lipinski definition) is 4. The van der Waals surface area contributed by atoms with Crippen LogP contribution in [0.4, 0.5) is 0 Å². The molecule has 0 aliphatic rings. The van der Waals surface area contributed by atoms with Gasteiger partial charge in [-0.3, -0.25) is 0 Å². The lowest BCUT2D eigenvalue weighted by Gasteiger charge is -2.09. The van der Waals surface area contributed by atoms with E-state index in [0.29, 0.717) is 5.89 Å². The van der Waals surface area contributed by atoms with Crippen LogP contribution < -0.4 is 0 Å². The third-order valence-electron chi connectivity index (χ3n) is 3.98. The fourth-order valence-electron chi connectivity index (χ4n) is 2.45. The Morgan fingerprint density at radius 2 is 1.73 bits per heavy atom. The van der Waals surface area contributed by atoms with Crippen molar-refractivity contribution in [3.05, 3.63) is 41.3 Å². The molecule has 0 aliphatic heterocycles. The third kappa shape index (κ3) is 4.42. The smallest absolute Gasteiger partial charge is 0.226 e. The first-order chi connectivity index (χ1) is 10.6. The molecule has 0 saturated carbocycles. The Morgan fingerprint density at radius 1 is 1.05 bits per heavy atom. The SMILES string of the molecule is Cc1ccc(-c2nc(CCCCC(CO)CO)c(C)o2)cc1. The minimum atomic E-state index is 0.00141. The number of unbranched alkanes of at least 4 members (excludes halogenated alkanes) is 1. The number of benzene rings is 1. The normalized spacial score (nSPS) is 11.3. The van der Waals surface area contributed by atoms with Crippen LogP contribution in [0.1, 0.15) is 36.3 Å². The average Bonchev–Trinajstić information content (AvgIpc) is 2.89. The summed E-state index contributed by atoms with van der Waals surface area (Å²) in [4.78, 5) is 4.60. The summed E-state index contributed by atoms with van der Waals surface area (Å²) in [5.74, 6) is 1.55. The molecule has 1 aromatic heterocycles. The van der Waals surface area contributed by atoms with Crippen molar-refractivity contribution in [2.75, 3.05) is 13.2 Å². The zero-order chi connectivity index (χ0) is 15.9. The second-order valence-corrected chi connectivity index (χ2v) is 5.86. The van der Waals surface area contributed by atoms with E-state index >= 15 is 0 Å². The van der Waals surface area contributed by atoms with Crippen molar-refractivity contribution < 1.29 is 14.6 Å². The van der Waals surface area contributed by atoms with E-state index in [9.17, 15) is 0 Å². The van der Waals surface area contributed by atoms with E-state index in [-0.39, 0.29) is 19.1 Å². The van der Waals surface area contributed by atoms with Gasteiger partial charge >= 0.3 is 0 Å². The van der Waals surface area contributed by atoms with E-state index in [1.54, 1.807) is 0 Å². The highest BCUT2D eigenvalue weighted by Crippen LogP contribution is 2.23. The molecule has 0 amide bonds. The van der Waals surface area contributed by atoms with Crippen LogP contribution in [0.25, 0.3) is 11.5 Å². The van der Waals surface area contributed by atoms with Crippen molar-refractivity contribution in [3.63, 3.8) is 0 Å². The number of aliphatic hydroxyl groups is 2. The minimum Gasteiger partial charge on any atom is -0.441 e. The zero-order valence-electron chi connectivity index (χ0n) is 13.4. The Labute approximate surface area is 131 Å². The minimum absolute atomic E-state index is 0.00141. The highest BCUT2D eigenvalue weighted by atomic mass is 16.4. The van der Waals surface area contributed by atoms with Gasteiger partial charge in [0.1, 0.15) is 5.76 Å². The van der Waals surface area contributed by atoms with Crippen LogP contribution in [0.2, 0.25) is 0 Å². The van der Waals surface area contributed by atoms with Gasteiger partial charge in [0.25, 0.3) is 0 Å². The highest BCUT2D eigenvalue weighted by molar-refractivity contribution is 5.54. The summed E-state index contributed by atoms with van der Waals surface area (Å²) in [5.41, 5.74) is 3.22. The summed E-state index contributed by atoms with van der Waals surface area (Å²) in [6.07, 6.45) is 3.66. The Balaban J connectivity index is 1.91. The van der Waals surface area contributed by atoms with E-state index in [1.165, 1.54) is 5.56 Å². The lowest BCUT2D eigenvalue weighted by Crippen LogP contribution is -2.10. The Hall–Kier alpha value is -1.65. The molecular weight excluding hydrogens is 278 g/mol. The van der Waals surface area contributed by atoms with Crippen LogP contribution >= 0.6 is 0 Å². The fraction of sp³-hybridized carbons (Fsp3) is 0.500. The topological polar surface area (TPSA) is 66.5 Å². The molecule has 2 N–H and O–H groups in total. The average molecular weight is 303 g/mol. The summed E-state index contributed by atoms with van der Waals surface area (Å²) < 4.78 is 5.77. The number of hydrogen-bond donors (Lipinski definition) is 2. The predicted molar refractivity (Wildman–Crippen MR) is 86.6 cm³/mol. The lowest BCUT2D eigenvalue weighted by atomic mass is 10.0. The first-order valence-corrected chi connectivity index (χ1v) is 7.89. The molecule has 0 unspecified atom stereocenters. The molecule has 4 heteroatoms. The van der Waals surface area contributed by atoms with Crippen LogP contribution in [-0.4, -0.2) is 28.4 Å². The van der Waals surface area contributed by atoms with Crippen LogP contribution in [0, 0.1) is 19.8 Å². The largest absolute Gasteiger partial charge is 0.441 e. The van der Waals surface area contributed by atoms with Gasteiger partial charge in [-0.15, -0.1) is 0 Å². The molecule has 0 aliphatic carbocycles. The molecule has 0 atom stereocenters. The van der Waals surface area contributed by atoms with Gasteiger partial charge in [-0.1, -0.05) is 24.1 Å². The lowest BCUT2D eigenvalue weighted by molar-refractivity contribution is 0.141. The second-order valence-electron chi connectivity index (χ2n) is 5.86. The number of aliphatic hydroxyl groups excluding tert-OH is 2. The molecule has 4 nitrogen and oxygen atoms in total. The quantitative estimate of drug-likeness (QED) is 0.735. The van der Waals surface area contributed by atoms with Gasteiger partial charge in [0.05, 0.1) is 5.69 Å². The Morgan fingerprint density at radius 3 is 2.36 bits per heavy atom. The Bertz CT molecular complexity index is 571. The van der Waals surface area contributed by atoms with E-state index < -0.39 is 0 Å². The third-order valence-corrected chi connectivity index (χ3v) is 3.98. The molecule has 2 aromatic rings. The van der Waals surface area contributed by atoms with Crippen molar-refractivity contribution in [2.45, 2.75) is 39.5 Å². The molecule has 120 valence electrons. The first-order valence-electron chi connectivity index (χ1n) is 7.89. The standard InChI is InChI=1S/C18H25NO3/c1-13-7-9-16(10-8-13)18-19-17(14(2)22-18)6-4-3-5-15(11-20)12-21/h7-10,15,20-21H,3-6,11-12H2,1-2H3. The fourth-order valence-corrected chi connectivity index (χ4v) is 2.45. The van der Waals surface area contributed by atoms with E-state index in [1.807, 2.05) is 19.1 Å². The van der Waals surface area contributed by atoms with Crippen LogP contribution in [0.15, 0.2) is 28.7 Å². The first kappa shape index (κ1) is 16.7. The van der Waals surface area contributed by atoms with Gasteiger partial charge in [-0.25, -0.2) is 4.98 Å². The van der Waals surface area contributed by atoms with Crippen LogP contribution in [0.5, 0.6) is 0 Å². The zero-order valence-corrected chi connectivity index (χ0v) is 13.4. The van der Waals surface area contributed by atoms with Crippen molar-refractivity contribution in [1.82, 2.24) is 4.98 Å². The van der Waals surface area contributed by atoms with Gasteiger partial charge in [-0.2, -0.15) is 0 Å². The van der Waals surface area contributed by atoms with E-state index in [0.717, 1.165) is 42.7 Å². The molecule has 0 saturated heterocycles. The van der Waals surface area contributed by atoms with Crippen molar-refractivity contribution in [1.29, 1.82) is 0 Å². The van der Waals surface area contributed by atoms with Gasteiger partial charge in [0.2, 0.25) is 5.89 Å². The van der Waals surface area contributed by atoms with Crippen molar-refractivity contribution in [2.24, 2.45) is 5.92 Å². The van der Waals surface area contributed by atoms with E-state index in [2.05, 4.69) is 24.0 Å². The maximum absolute atomic E-state index is 9.05. The van der Waals surface area contributed by atoms with Gasteiger partial charge in [-0.05, 0) is 45.2 Å². The molecule has 1 heterocycles. The van der Waals surface area contributed by atoms with Gasteiger partial charge in [0, 0.05) is 24.7 Å². The van der Waals surface area contributed by atoms with Gasteiger partial charge < -0.3 is 14.6 Å². The maximum atomic E-state index is 9.05. The molecule has 0 spiro atoms. The Kier molecular flexibility index (Phi) is 6.16. The van der Waals surface area contributed by atoms with Crippen LogP contribution in [-0.2, 0) is 6.42 Å². The number of aryl methyl sites for hydroxylation is 3. The highest BCUT2D eigenvalue weighted by Gasteiger charge is 2.12. The molecule has 0 fully saturated rings. The summed E-state index contributed by atoms with van der Waals surface area (Å²) in [6.45, 7) is 4.11. The number of oxazole rings is 1. The molecule has 0 radical (unpaired) electrons. The summed E-state index contributed by atoms with van der Waals surface area (Å²) >= 11 is 0. The van der Waals surface area contributed by atoms with E-state index in [4.69, 9.17) is 14.6 Å². The number of rotatable bonds is 8. The summed E-state index contributed by atoms with van der Waals surface area (Å²) in [5, 5.41) is 18.1. The molecule has 1 aromatic carbocycles. The van der Waals surface area contributed by atoms with Gasteiger partial charge in [0.15, 0.2) is 0 Å². The number of aromatic nitrogens is 1. The number of nitrogens with zero attached hydrogens (tertiary/aromatic N) is 1. The molecule has 2 rings (SSSR count). The van der Waals surface area contributed by atoms with Crippen molar-refractivity contribution in [3.8, 4) is 11.5 Å².